The first-order chi connectivity index (χ1) is 31.2. The molecule has 4 heterocycles. The van der Waals surface area contributed by atoms with Crippen LogP contribution in [-0.2, 0) is 0 Å². The fraction of sp³-hybridized carbons (Fsp3) is 0. The number of fused-ring (bicyclic) bond motifs is 9. The molecule has 0 fully saturated rings. The monoisotopic (exact) mass is 822 g/mol. The highest BCUT2D eigenvalue weighted by Crippen LogP contribution is 2.42. The topological polar surface area (TPSA) is 61.4 Å². The van der Waals surface area contributed by atoms with E-state index in [4.69, 9.17) is 19.9 Å². The van der Waals surface area contributed by atoms with E-state index in [-0.39, 0.29) is 0 Å². The van der Waals surface area contributed by atoms with Gasteiger partial charge in [-0.2, -0.15) is 9.97 Å². The van der Waals surface area contributed by atoms with E-state index in [9.17, 15) is 0 Å². The van der Waals surface area contributed by atoms with Crippen LogP contribution >= 0.6 is 11.3 Å². The van der Waals surface area contributed by atoms with Crippen LogP contribution in [0, 0.1) is 0 Å². The highest BCUT2D eigenvalue weighted by molar-refractivity contribution is 7.22. The molecule has 13 aromatic rings. The Morgan fingerprint density at radius 1 is 0.349 bits per heavy atom. The minimum absolute atomic E-state index is 0.543. The molecule has 13 rings (SSSR count). The van der Waals surface area contributed by atoms with Gasteiger partial charge < -0.3 is 4.57 Å². The quantitative estimate of drug-likeness (QED) is 0.168. The standard InChI is InChI=1S/C56H34N6S/c1-3-16-38(17-4-1)55-57-47-26-14-25-46(52(47)63-55)54-58-53(37-31-29-36(30-32-37)41-24-13-18-35-15-7-8-21-40(35)41)59-56(60-54)62-49-28-12-10-23-43(49)45-34-33-44-42-22-9-11-27-48(42)61(50(44)51(45)62)39-19-5-2-6-20-39/h1-34H. The van der Waals surface area contributed by atoms with Crippen molar-refractivity contribution in [1.29, 1.82) is 0 Å². The van der Waals surface area contributed by atoms with Gasteiger partial charge in [0.05, 0.1) is 32.3 Å². The number of hydrogen-bond donors (Lipinski definition) is 0. The number of benzene rings is 9. The molecule has 0 radical (unpaired) electrons. The van der Waals surface area contributed by atoms with Gasteiger partial charge in [0.15, 0.2) is 11.6 Å². The van der Waals surface area contributed by atoms with Crippen molar-refractivity contribution in [2.24, 2.45) is 0 Å². The molecule has 0 aliphatic heterocycles. The smallest absolute Gasteiger partial charge is 0.238 e. The Hall–Kier alpha value is -8.26. The van der Waals surface area contributed by atoms with Crippen molar-refractivity contribution in [2.75, 3.05) is 0 Å². The van der Waals surface area contributed by atoms with Crippen molar-refractivity contribution in [1.82, 2.24) is 29.1 Å². The Morgan fingerprint density at radius 3 is 1.68 bits per heavy atom. The molecule has 0 unspecified atom stereocenters. The molecule has 0 aliphatic carbocycles. The number of rotatable bonds is 6. The number of nitrogens with zero attached hydrogens (tertiary/aromatic N) is 6. The first-order valence-electron chi connectivity index (χ1n) is 21.1. The molecule has 0 saturated carbocycles. The Kier molecular flexibility index (Phi) is 7.98. The molecule has 294 valence electrons. The van der Waals surface area contributed by atoms with Crippen LogP contribution in [0.2, 0.25) is 0 Å². The lowest BCUT2D eigenvalue weighted by atomic mass is 9.97. The summed E-state index contributed by atoms with van der Waals surface area (Å²) >= 11 is 1.66. The summed E-state index contributed by atoms with van der Waals surface area (Å²) in [6, 6.07) is 72.6. The fourth-order valence-electron chi connectivity index (χ4n) is 9.37. The average molecular weight is 823 g/mol. The van der Waals surface area contributed by atoms with E-state index < -0.39 is 0 Å². The summed E-state index contributed by atoms with van der Waals surface area (Å²) in [5, 5.41) is 7.98. The predicted molar refractivity (Wildman–Crippen MR) is 261 cm³/mol. The van der Waals surface area contributed by atoms with Crippen LogP contribution in [0.1, 0.15) is 0 Å². The van der Waals surface area contributed by atoms with Crippen LogP contribution in [-0.4, -0.2) is 29.1 Å². The van der Waals surface area contributed by atoms with E-state index >= 15 is 0 Å². The van der Waals surface area contributed by atoms with E-state index in [0.717, 1.165) is 81.4 Å². The third kappa shape index (κ3) is 5.64. The van der Waals surface area contributed by atoms with Crippen LogP contribution in [0.4, 0.5) is 0 Å². The number of thiazole rings is 1. The highest BCUT2D eigenvalue weighted by atomic mass is 32.1. The van der Waals surface area contributed by atoms with Crippen molar-refractivity contribution >= 4 is 75.9 Å². The summed E-state index contributed by atoms with van der Waals surface area (Å²) in [5.74, 6) is 1.72. The minimum atomic E-state index is 0.543. The molecule has 0 aliphatic rings. The second kappa shape index (κ2) is 14.2. The molecule has 9 aromatic carbocycles. The van der Waals surface area contributed by atoms with Gasteiger partial charge >= 0.3 is 0 Å². The van der Waals surface area contributed by atoms with Crippen LogP contribution in [0.5, 0.6) is 0 Å². The molecule has 0 N–H and O–H groups in total. The Bertz CT molecular complexity index is 3900. The normalized spacial score (nSPS) is 11.8. The molecule has 0 amide bonds. The summed E-state index contributed by atoms with van der Waals surface area (Å²) in [6.07, 6.45) is 0. The highest BCUT2D eigenvalue weighted by Gasteiger charge is 2.24. The van der Waals surface area contributed by atoms with Gasteiger partial charge in [0.1, 0.15) is 5.01 Å². The lowest BCUT2D eigenvalue weighted by Gasteiger charge is -2.13. The Balaban J connectivity index is 1.10. The van der Waals surface area contributed by atoms with Gasteiger partial charge in [0.25, 0.3) is 0 Å². The summed E-state index contributed by atoms with van der Waals surface area (Å²) in [6.45, 7) is 0. The van der Waals surface area contributed by atoms with E-state index in [0.29, 0.717) is 17.6 Å². The minimum Gasteiger partial charge on any atom is -0.307 e. The SMILES string of the molecule is c1ccc(-c2nc3cccc(-c4nc(-c5ccc(-c6cccc7ccccc67)cc5)nc(-n5c6ccccc6c6ccc7c8ccccc8n(-c8ccccc8)c7c65)n4)c3s2)cc1. The molecule has 0 saturated heterocycles. The first-order valence-corrected chi connectivity index (χ1v) is 21.9. The van der Waals surface area contributed by atoms with E-state index in [1.54, 1.807) is 11.3 Å². The van der Waals surface area contributed by atoms with Gasteiger partial charge in [0.2, 0.25) is 5.95 Å². The van der Waals surface area contributed by atoms with Gasteiger partial charge in [0, 0.05) is 43.9 Å². The third-order valence-corrected chi connectivity index (χ3v) is 13.4. The molecule has 6 nitrogen and oxygen atoms in total. The van der Waals surface area contributed by atoms with Crippen molar-refractivity contribution in [3.05, 3.63) is 206 Å². The van der Waals surface area contributed by atoms with Gasteiger partial charge in [-0.15, -0.1) is 11.3 Å². The number of hydrogen-bond acceptors (Lipinski definition) is 5. The second-order valence-corrected chi connectivity index (χ2v) is 16.8. The number of aromatic nitrogens is 6. The first kappa shape index (κ1) is 35.5. The molecule has 7 heteroatoms. The van der Waals surface area contributed by atoms with Crippen molar-refractivity contribution in [3.63, 3.8) is 0 Å². The van der Waals surface area contributed by atoms with Crippen molar-refractivity contribution in [2.45, 2.75) is 0 Å². The molecule has 0 bridgehead atoms. The summed E-state index contributed by atoms with van der Waals surface area (Å²) in [5.41, 5.74) is 11.5. The summed E-state index contributed by atoms with van der Waals surface area (Å²) in [4.78, 5) is 21.3. The third-order valence-electron chi connectivity index (χ3n) is 12.2. The van der Waals surface area contributed by atoms with E-state index in [2.05, 4.69) is 209 Å². The molecular formula is C56H34N6S. The fourth-order valence-corrected chi connectivity index (χ4v) is 10.5. The maximum atomic E-state index is 5.48. The summed E-state index contributed by atoms with van der Waals surface area (Å²) in [7, 11) is 0. The van der Waals surface area contributed by atoms with Gasteiger partial charge in [-0.1, -0.05) is 170 Å². The van der Waals surface area contributed by atoms with E-state index in [1.807, 2.05) is 6.07 Å². The average Bonchev–Trinajstić information content (AvgIpc) is 4.05. The van der Waals surface area contributed by atoms with Gasteiger partial charge in [-0.3, -0.25) is 4.57 Å². The maximum Gasteiger partial charge on any atom is 0.238 e. The largest absolute Gasteiger partial charge is 0.307 e. The van der Waals surface area contributed by atoms with E-state index in [1.165, 1.54) is 21.7 Å². The zero-order chi connectivity index (χ0) is 41.4. The molecule has 0 atom stereocenters. The zero-order valence-electron chi connectivity index (χ0n) is 33.7. The Morgan fingerprint density at radius 2 is 0.921 bits per heavy atom. The van der Waals surface area contributed by atoms with Crippen LogP contribution in [0.25, 0.3) is 121 Å². The Labute approximate surface area is 365 Å². The van der Waals surface area contributed by atoms with Gasteiger partial charge in [-0.05, 0) is 58.3 Å². The number of para-hydroxylation sites is 3. The molecule has 4 aromatic heterocycles. The molecule has 63 heavy (non-hydrogen) atoms. The summed E-state index contributed by atoms with van der Waals surface area (Å²) < 4.78 is 5.67. The molecular weight excluding hydrogens is 789 g/mol. The molecule has 0 spiro atoms. The van der Waals surface area contributed by atoms with Crippen molar-refractivity contribution in [3.8, 4) is 56.1 Å². The second-order valence-electron chi connectivity index (χ2n) is 15.8. The van der Waals surface area contributed by atoms with Crippen LogP contribution < -0.4 is 0 Å². The lowest BCUT2D eigenvalue weighted by molar-refractivity contribution is 0.954. The lowest BCUT2D eigenvalue weighted by Crippen LogP contribution is -2.07. The van der Waals surface area contributed by atoms with Crippen LogP contribution in [0.15, 0.2) is 206 Å². The van der Waals surface area contributed by atoms with Crippen LogP contribution in [0.3, 0.4) is 0 Å². The van der Waals surface area contributed by atoms with Gasteiger partial charge in [-0.25, -0.2) is 9.97 Å². The maximum absolute atomic E-state index is 5.48. The predicted octanol–water partition coefficient (Wildman–Crippen LogP) is 14.5. The zero-order valence-corrected chi connectivity index (χ0v) is 34.5. The van der Waals surface area contributed by atoms with Crippen molar-refractivity contribution < 1.29 is 0 Å².